The summed E-state index contributed by atoms with van der Waals surface area (Å²) in [5, 5.41) is 10.4. The van der Waals surface area contributed by atoms with Crippen LogP contribution in [0, 0.1) is 0 Å². The second kappa shape index (κ2) is 7.93. The zero-order valence-corrected chi connectivity index (χ0v) is 15.1. The lowest BCUT2D eigenvalue weighted by molar-refractivity contribution is 0.0946. The van der Waals surface area contributed by atoms with Gasteiger partial charge in [0.25, 0.3) is 5.91 Å². The van der Waals surface area contributed by atoms with E-state index in [4.69, 9.17) is 21.1 Å². The van der Waals surface area contributed by atoms with Gasteiger partial charge in [0.05, 0.1) is 19.9 Å². The Morgan fingerprint density at radius 3 is 2.69 bits per heavy atom. The molecule has 0 unspecified atom stereocenters. The van der Waals surface area contributed by atoms with Gasteiger partial charge in [0.1, 0.15) is 17.2 Å². The molecule has 2 N–H and O–H groups in total. The Balaban J connectivity index is 1.75. The molecular weight excluding hydrogens is 354 g/mol. The molecule has 7 heteroatoms. The minimum Gasteiger partial charge on any atom is -0.497 e. The highest BCUT2D eigenvalue weighted by Crippen LogP contribution is 2.32. The summed E-state index contributed by atoms with van der Waals surface area (Å²) in [6.07, 6.45) is 0. The number of ether oxygens (including phenoxy) is 2. The molecule has 134 valence electrons. The maximum atomic E-state index is 12.4. The Bertz CT molecular complexity index is 924. The fourth-order valence-electron chi connectivity index (χ4n) is 2.50. The molecule has 0 aliphatic heterocycles. The van der Waals surface area contributed by atoms with Crippen molar-refractivity contribution in [2.45, 2.75) is 6.54 Å². The zero-order chi connectivity index (χ0) is 18.5. The van der Waals surface area contributed by atoms with Crippen LogP contribution < -0.4 is 14.8 Å². The van der Waals surface area contributed by atoms with Crippen LogP contribution in [0.1, 0.15) is 16.1 Å². The maximum Gasteiger partial charge on any atom is 0.269 e. The molecule has 2 aromatic carbocycles. The molecule has 0 bridgehead atoms. The topological polar surface area (TPSA) is 76.2 Å². The predicted octanol–water partition coefficient (Wildman–Crippen LogP) is 3.68. The van der Waals surface area contributed by atoms with Crippen LogP contribution in [-0.4, -0.2) is 30.3 Å². The highest BCUT2D eigenvalue weighted by atomic mass is 35.5. The van der Waals surface area contributed by atoms with Gasteiger partial charge in [-0.2, -0.15) is 5.10 Å². The van der Waals surface area contributed by atoms with Crippen LogP contribution in [0.3, 0.4) is 0 Å². The summed E-state index contributed by atoms with van der Waals surface area (Å²) >= 11 is 6.10. The number of carbonyl (C=O) groups excluding carboxylic acids is 1. The van der Waals surface area contributed by atoms with Crippen LogP contribution in [0.25, 0.3) is 11.3 Å². The number of nitrogens with zero attached hydrogens (tertiary/aromatic N) is 1. The molecule has 0 aliphatic carbocycles. The lowest BCUT2D eigenvalue weighted by Crippen LogP contribution is -2.23. The van der Waals surface area contributed by atoms with Gasteiger partial charge in [-0.1, -0.05) is 29.8 Å². The minimum absolute atomic E-state index is 0.267. The van der Waals surface area contributed by atoms with Crippen molar-refractivity contribution in [2.24, 2.45) is 0 Å². The number of methoxy groups -OCH3 is 2. The van der Waals surface area contributed by atoms with Gasteiger partial charge in [0.2, 0.25) is 0 Å². The molecule has 26 heavy (non-hydrogen) atoms. The number of halogens is 1. The largest absolute Gasteiger partial charge is 0.497 e. The SMILES string of the molecule is COc1ccc(-c2cc(C(=O)NCc3ccccc3Cl)[nH]n2)c(OC)c1. The predicted molar refractivity (Wildman–Crippen MR) is 99.7 cm³/mol. The van der Waals surface area contributed by atoms with Crippen molar-refractivity contribution in [3.05, 3.63) is 64.8 Å². The summed E-state index contributed by atoms with van der Waals surface area (Å²) in [6, 6.07) is 14.4. The second-order valence-electron chi connectivity index (χ2n) is 5.51. The Morgan fingerprint density at radius 2 is 1.96 bits per heavy atom. The molecule has 0 spiro atoms. The highest BCUT2D eigenvalue weighted by molar-refractivity contribution is 6.31. The van der Waals surface area contributed by atoms with Gasteiger partial charge in [0, 0.05) is 23.2 Å². The molecule has 3 rings (SSSR count). The van der Waals surface area contributed by atoms with Crippen molar-refractivity contribution >= 4 is 17.5 Å². The summed E-state index contributed by atoms with van der Waals surface area (Å²) < 4.78 is 10.6. The molecule has 6 nitrogen and oxygen atoms in total. The number of carbonyl (C=O) groups is 1. The third-order valence-corrected chi connectivity index (χ3v) is 4.27. The molecule has 1 aromatic heterocycles. The van der Waals surface area contributed by atoms with Gasteiger partial charge in [-0.3, -0.25) is 9.89 Å². The molecular formula is C19H18ClN3O3. The van der Waals surface area contributed by atoms with E-state index in [2.05, 4.69) is 15.5 Å². The first-order valence-corrected chi connectivity index (χ1v) is 8.29. The summed E-state index contributed by atoms with van der Waals surface area (Å²) in [6.45, 7) is 0.332. The zero-order valence-electron chi connectivity index (χ0n) is 14.4. The van der Waals surface area contributed by atoms with Gasteiger partial charge < -0.3 is 14.8 Å². The Morgan fingerprint density at radius 1 is 1.15 bits per heavy atom. The molecule has 3 aromatic rings. The third-order valence-electron chi connectivity index (χ3n) is 3.90. The fourth-order valence-corrected chi connectivity index (χ4v) is 2.70. The third kappa shape index (κ3) is 3.81. The van der Waals surface area contributed by atoms with E-state index in [0.29, 0.717) is 34.5 Å². The van der Waals surface area contributed by atoms with Gasteiger partial charge in [0.15, 0.2) is 0 Å². The van der Waals surface area contributed by atoms with Crippen molar-refractivity contribution in [3.63, 3.8) is 0 Å². The molecule has 1 heterocycles. The monoisotopic (exact) mass is 371 g/mol. The van der Waals surface area contributed by atoms with E-state index >= 15 is 0 Å². The van der Waals surface area contributed by atoms with Crippen LogP contribution in [0.15, 0.2) is 48.5 Å². The van der Waals surface area contributed by atoms with Crippen molar-refractivity contribution < 1.29 is 14.3 Å². The van der Waals surface area contributed by atoms with E-state index in [1.807, 2.05) is 30.3 Å². The number of H-pyrrole nitrogens is 1. The highest BCUT2D eigenvalue weighted by Gasteiger charge is 2.14. The summed E-state index contributed by atoms with van der Waals surface area (Å²) in [5.41, 5.74) is 2.56. The number of amides is 1. The summed E-state index contributed by atoms with van der Waals surface area (Å²) in [5.74, 6) is 1.02. The number of aromatic nitrogens is 2. The van der Waals surface area contributed by atoms with E-state index in [-0.39, 0.29) is 5.91 Å². The standard InChI is InChI=1S/C19H18ClN3O3/c1-25-13-7-8-14(18(9-13)26-2)16-10-17(23-22-16)19(24)21-11-12-5-3-4-6-15(12)20/h3-10H,11H2,1-2H3,(H,21,24)(H,22,23). The molecule has 0 aliphatic rings. The Kier molecular flexibility index (Phi) is 5.43. The number of nitrogens with one attached hydrogen (secondary N) is 2. The molecule has 1 amide bonds. The van der Waals surface area contributed by atoms with E-state index in [0.717, 1.165) is 11.1 Å². The molecule has 0 saturated carbocycles. The maximum absolute atomic E-state index is 12.4. The van der Waals surface area contributed by atoms with Crippen LogP contribution in [0.2, 0.25) is 5.02 Å². The van der Waals surface area contributed by atoms with Crippen LogP contribution in [-0.2, 0) is 6.54 Å². The van der Waals surface area contributed by atoms with Crippen molar-refractivity contribution in [3.8, 4) is 22.8 Å². The quantitative estimate of drug-likeness (QED) is 0.693. The van der Waals surface area contributed by atoms with E-state index in [1.165, 1.54) is 0 Å². The first-order chi connectivity index (χ1) is 12.6. The number of aromatic amines is 1. The van der Waals surface area contributed by atoms with Gasteiger partial charge in [-0.05, 0) is 29.8 Å². The smallest absolute Gasteiger partial charge is 0.269 e. The Hall–Kier alpha value is -2.99. The lowest BCUT2D eigenvalue weighted by atomic mass is 10.1. The fraction of sp³-hybridized carbons (Fsp3) is 0.158. The summed E-state index contributed by atoms with van der Waals surface area (Å²) in [7, 11) is 3.16. The van der Waals surface area contributed by atoms with Crippen molar-refractivity contribution in [2.75, 3.05) is 14.2 Å². The van der Waals surface area contributed by atoms with Crippen molar-refractivity contribution in [1.82, 2.24) is 15.5 Å². The first-order valence-electron chi connectivity index (χ1n) is 7.91. The summed E-state index contributed by atoms with van der Waals surface area (Å²) in [4.78, 5) is 12.4. The number of hydrogen-bond donors (Lipinski definition) is 2. The molecule has 0 saturated heterocycles. The number of hydrogen-bond acceptors (Lipinski definition) is 4. The van der Waals surface area contributed by atoms with Crippen molar-refractivity contribution in [1.29, 1.82) is 0 Å². The number of benzene rings is 2. The molecule has 0 fully saturated rings. The number of rotatable bonds is 6. The lowest BCUT2D eigenvalue weighted by Gasteiger charge is -2.08. The van der Waals surface area contributed by atoms with Crippen LogP contribution in [0.5, 0.6) is 11.5 Å². The normalized spacial score (nSPS) is 10.4. The average Bonchev–Trinajstić information content (AvgIpc) is 3.16. The first kappa shape index (κ1) is 17.8. The van der Waals surface area contributed by atoms with Gasteiger partial charge >= 0.3 is 0 Å². The van der Waals surface area contributed by atoms with E-state index in [9.17, 15) is 4.79 Å². The minimum atomic E-state index is -0.267. The molecule has 0 radical (unpaired) electrons. The van der Waals surface area contributed by atoms with Gasteiger partial charge in [-0.25, -0.2) is 0 Å². The van der Waals surface area contributed by atoms with E-state index in [1.54, 1.807) is 32.4 Å². The van der Waals surface area contributed by atoms with Crippen LogP contribution >= 0.6 is 11.6 Å². The Labute approximate surface area is 156 Å². The average molecular weight is 372 g/mol. The van der Waals surface area contributed by atoms with E-state index < -0.39 is 0 Å². The van der Waals surface area contributed by atoms with Crippen LogP contribution in [0.4, 0.5) is 0 Å². The molecule has 0 atom stereocenters. The second-order valence-corrected chi connectivity index (χ2v) is 5.91. The van der Waals surface area contributed by atoms with Gasteiger partial charge in [-0.15, -0.1) is 0 Å².